The molecule has 0 N–H and O–H groups in total. The van der Waals surface area contributed by atoms with Crippen LogP contribution in [-0.2, 0) is 6.54 Å². The third-order valence-corrected chi connectivity index (χ3v) is 6.98. The number of nitrogens with zero attached hydrogens (tertiary/aromatic N) is 7. The van der Waals surface area contributed by atoms with Crippen LogP contribution in [0.5, 0.6) is 0 Å². The third-order valence-electron chi connectivity index (χ3n) is 6.98. The Bertz CT molecular complexity index is 748. The van der Waals surface area contributed by atoms with Gasteiger partial charge in [-0.05, 0) is 77.3 Å². The zero-order valence-electron chi connectivity index (χ0n) is 17.1. The fourth-order valence-electron chi connectivity index (χ4n) is 5.12. The molecule has 2 aromatic rings. The van der Waals surface area contributed by atoms with Crippen molar-refractivity contribution in [3.05, 3.63) is 30.1 Å². The molecule has 0 radical (unpaired) electrons. The average Bonchev–Trinajstić information content (AvgIpc) is 3.29. The number of rotatable bonds is 6. The number of piperidine rings is 2. The molecule has 0 spiro atoms. The summed E-state index contributed by atoms with van der Waals surface area (Å²) in [5.74, 6) is 2.88. The first kappa shape index (κ1) is 18.3. The molecule has 152 valence electrons. The first-order valence-corrected chi connectivity index (χ1v) is 11.2. The van der Waals surface area contributed by atoms with Gasteiger partial charge in [-0.1, -0.05) is 6.92 Å². The van der Waals surface area contributed by atoms with E-state index in [-0.39, 0.29) is 0 Å². The maximum absolute atomic E-state index is 4.69. The molecule has 0 unspecified atom stereocenters. The van der Waals surface area contributed by atoms with E-state index in [1.807, 2.05) is 23.1 Å². The molecular weight excluding hydrogens is 350 g/mol. The van der Waals surface area contributed by atoms with E-state index in [0.29, 0.717) is 12.0 Å². The van der Waals surface area contributed by atoms with Crippen molar-refractivity contribution in [2.75, 3.05) is 32.7 Å². The van der Waals surface area contributed by atoms with Crippen LogP contribution in [0, 0.1) is 0 Å². The van der Waals surface area contributed by atoms with Crippen molar-refractivity contribution < 1.29 is 0 Å². The highest BCUT2D eigenvalue weighted by molar-refractivity contribution is 5.09. The summed E-state index contributed by atoms with van der Waals surface area (Å²) in [6.45, 7) is 9.18. The highest BCUT2D eigenvalue weighted by Gasteiger charge is 2.35. The minimum atomic E-state index is 0.562. The lowest BCUT2D eigenvalue weighted by Gasteiger charge is -2.41. The summed E-state index contributed by atoms with van der Waals surface area (Å²) >= 11 is 0. The second-order valence-corrected chi connectivity index (χ2v) is 8.75. The molecule has 4 heterocycles. The molecule has 28 heavy (non-hydrogen) atoms. The van der Waals surface area contributed by atoms with Crippen LogP contribution in [0.25, 0.3) is 0 Å². The van der Waals surface area contributed by atoms with Gasteiger partial charge in [-0.3, -0.25) is 4.68 Å². The van der Waals surface area contributed by atoms with E-state index >= 15 is 0 Å². The van der Waals surface area contributed by atoms with Gasteiger partial charge in [0, 0.05) is 30.4 Å². The second-order valence-electron chi connectivity index (χ2n) is 8.75. The number of likely N-dealkylation sites (tertiary alicyclic amines) is 2. The number of hydrogen-bond donors (Lipinski definition) is 0. The smallest absolute Gasteiger partial charge is 0.155 e. The SMILES string of the molecule is CCN1CCC(N2CCC(c3nnc(Cn4cccn4)n3C3CC3)CC2)CC1. The minimum Gasteiger partial charge on any atom is -0.310 e. The molecule has 2 saturated heterocycles. The van der Waals surface area contributed by atoms with E-state index in [0.717, 1.165) is 18.4 Å². The van der Waals surface area contributed by atoms with Crippen molar-refractivity contribution in [1.82, 2.24) is 34.3 Å². The molecule has 1 saturated carbocycles. The molecule has 0 bridgehead atoms. The van der Waals surface area contributed by atoms with Crippen molar-refractivity contribution >= 4 is 0 Å². The quantitative estimate of drug-likeness (QED) is 0.767. The molecule has 5 rings (SSSR count). The van der Waals surface area contributed by atoms with E-state index in [1.165, 1.54) is 77.1 Å². The van der Waals surface area contributed by atoms with Crippen molar-refractivity contribution in [2.24, 2.45) is 0 Å². The van der Waals surface area contributed by atoms with Crippen molar-refractivity contribution in [3.63, 3.8) is 0 Å². The average molecular weight is 384 g/mol. The monoisotopic (exact) mass is 383 g/mol. The predicted molar refractivity (Wildman–Crippen MR) is 108 cm³/mol. The van der Waals surface area contributed by atoms with Gasteiger partial charge in [-0.15, -0.1) is 10.2 Å². The van der Waals surface area contributed by atoms with Crippen molar-refractivity contribution in [1.29, 1.82) is 0 Å². The second kappa shape index (κ2) is 7.95. The Balaban J connectivity index is 1.23. The van der Waals surface area contributed by atoms with Crippen LogP contribution in [0.2, 0.25) is 0 Å². The van der Waals surface area contributed by atoms with Crippen LogP contribution >= 0.6 is 0 Å². The Morgan fingerprint density at radius 2 is 1.71 bits per heavy atom. The Labute approximate surface area is 167 Å². The van der Waals surface area contributed by atoms with Gasteiger partial charge in [0.1, 0.15) is 12.4 Å². The van der Waals surface area contributed by atoms with Crippen LogP contribution in [-0.4, -0.2) is 73.1 Å². The molecule has 3 aliphatic rings. The number of aromatic nitrogens is 5. The third kappa shape index (κ3) is 3.74. The van der Waals surface area contributed by atoms with Gasteiger partial charge in [0.2, 0.25) is 0 Å². The molecule has 0 atom stereocenters. The maximum atomic E-state index is 4.69. The predicted octanol–water partition coefficient (Wildman–Crippen LogP) is 2.52. The summed E-state index contributed by atoms with van der Waals surface area (Å²) in [6.07, 6.45) is 11.5. The normalized spacial score (nSPS) is 23.5. The van der Waals surface area contributed by atoms with Gasteiger partial charge in [-0.25, -0.2) is 0 Å². The van der Waals surface area contributed by atoms with Gasteiger partial charge in [0.05, 0.1) is 0 Å². The van der Waals surface area contributed by atoms with Gasteiger partial charge in [0.15, 0.2) is 5.82 Å². The largest absolute Gasteiger partial charge is 0.310 e. The maximum Gasteiger partial charge on any atom is 0.155 e. The first-order chi connectivity index (χ1) is 13.8. The molecule has 0 aromatic carbocycles. The van der Waals surface area contributed by atoms with Crippen LogP contribution < -0.4 is 0 Å². The zero-order valence-corrected chi connectivity index (χ0v) is 17.1. The van der Waals surface area contributed by atoms with E-state index in [9.17, 15) is 0 Å². The highest BCUT2D eigenvalue weighted by atomic mass is 15.3. The lowest BCUT2D eigenvalue weighted by Crippen LogP contribution is -2.47. The summed E-state index contributed by atoms with van der Waals surface area (Å²) in [6, 6.07) is 3.38. The fourth-order valence-corrected chi connectivity index (χ4v) is 5.12. The molecule has 0 amide bonds. The van der Waals surface area contributed by atoms with E-state index < -0.39 is 0 Å². The zero-order chi connectivity index (χ0) is 18.9. The van der Waals surface area contributed by atoms with Crippen LogP contribution in [0.4, 0.5) is 0 Å². The summed E-state index contributed by atoms with van der Waals surface area (Å²) in [5, 5.41) is 13.6. The Morgan fingerprint density at radius 3 is 2.36 bits per heavy atom. The molecule has 2 aliphatic heterocycles. The van der Waals surface area contributed by atoms with Gasteiger partial charge in [-0.2, -0.15) is 5.10 Å². The summed E-state index contributed by atoms with van der Waals surface area (Å²) in [7, 11) is 0. The van der Waals surface area contributed by atoms with Gasteiger partial charge >= 0.3 is 0 Å². The summed E-state index contributed by atoms with van der Waals surface area (Å²) in [4.78, 5) is 5.34. The number of hydrogen-bond acceptors (Lipinski definition) is 5. The Hall–Kier alpha value is -1.73. The standard InChI is InChI=1S/C21H33N7/c1-2-25-12-8-18(9-13-25)26-14-6-17(7-15-26)21-24-23-20(28(21)19-4-5-19)16-27-11-3-10-22-27/h3,10-11,17-19H,2,4-9,12-16H2,1H3. The molecule has 7 heteroatoms. The lowest BCUT2D eigenvalue weighted by atomic mass is 9.92. The molecule has 3 fully saturated rings. The fraction of sp³-hybridized carbons (Fsp3) is 0.762. The minimum absolute atomic E-state index is 0.562. The van der Waals surface area contributed by atoms with Crippen LogP contribution in [0.15, 0.2) is 18.5 Å². The Morgan fingerprint density at radius 1 is 0.929 bits per heavy atom. The summed E-state index contributed by atoms with van der Waals surface area (Å²) in [5.41, 5.74) is 0. The topological polar surface area (TPSA) is 55.0 Å². The van der Waals surface area contributed by atoms with Gasteiger partial charge in [0.25, 0.3) is 0 Å². The van der Waals surface area contributed by atoms with Crippen LogP contribution in [0.1, 0.15) is 69.1 Å². The lowest BCUT2D eigenvalue weighted by molar-refractivity contribution is 0.0881. The van der Waals surface area contributed by atoms with Crippen molar-refractivity contribution in [3.8, 4) is 0 Å². The van der Waals surface area contributed by atoms with Crippen LogP contribution in [0.3, 0.4) is 0 Å². The molecular formula is C21H33N7. The van der Waals surface area contributed by atoms with E-state index in [2.05, 4.69) is 36.6 Å². The van der Waals surface area contributed by atoms with E-state index in [4.69, 9.17) is 0 Å². The highest BCUT2D eigenvalue weighted by Crippen LogP contribution is 2.40. The molecule has 1 aliphatic carbocycles. The molecule has 7 nitrogen and oxygen atoms in total. The van der Waals surface area contributed by atoms with E-state index in [1.54, 1.807) is 0 Å². The van der Waals surface area contributed by atoms with Gasteiger partial charge < -0.3 is 14.4 Å². The Kier molecular flexibility index (Phi) is 5.20. The summed E-state index contributed by atoms with van der Waals surface area (Å²) < 4.78 is 4.42. The first-order valence-electron chi connectivity index (χ1n) is 11.2. The van der Waals surface area contributed by atoms with Crippen molar-refractivity contribution in [2.45, 2.75) is 70.0 Å². The molecule has 2 aromatic heterocycles.